The largest absolute Gasteiger partial charge is 0.573 e. The van der Waals surface area contributed by atoms with E-state index in [9.17, 15) is 18.0 Å². The van der Waals surface area contributed by atoms with Gasteiger partial charge in [0, 0.05) is 17.0 Å². The molecule has 0 bridgehead atoms. The Morgan fingerprint density at radius 1 is 1.29 bits per heavy atom. The highest BCUT2D eigenvalue weighted by Crippen LogP contribution is 2.30. The first-order valence-corrected chi connectivity index (χ1v) is 6.08. The molecule has 0 aliphatic carbocycles. The van der Waals surface area contributed by atoms with Crippen LogP contribution in [0.25, 0.3) is 10.9 Å². The van der Waals surface area contributed by atoms with Crippen molar-refractivity contribution in [1.82, 2.24) is 4.98 Å². The van der Waals surface area contributed by atoms with E-state index >= 15 is 0 Å². The first-order valence-electron chi connectivity index (χ1n) is 6.08. The van der Waals surface area contributed by atoms with Gasteiger partial charge in [0.2, 0.25) is 0 Å². The highest BCUT2D eigenvalue weighted by molar-refractivity contribution is 5.83. The van der Waals surface area contributed by atoms with Gasteiger partial charge < -0.3 is 9.72 Å². The average Bonchev–Trinajstić information content (AvgIpc) is 2.35. The fraction of sp³-hybridized carbons (Fsp3) is 0.286. The smallest absolute Gasteiger partial charge is 0.404 e. The molecule has 1 heterocycles. The fourth-order valence-corrected chi connectivity index (χ4v) is 1.98. The summed E-state index contributed by atoms with van der Waals surface area (Å²) in [5.41, 5.74) is 0.0558. The average molecular weight is 296 g/mol. The van der Waals surface area contributed by atoms with E-state index in [0.29, 0.717) is 10.9 Å². The first kappa shape index (κ1) is 14.9. The van der Waals surface area contributed by atoms with Crippen LogP contribution in [0.3, 0.4) is 0 Å². The Labute approximate surface area is 117 Å². The lowest BCUT2D eigenvalue weighted by atomic mass is 10.0. The second kappa shape index (κ2) is 5.13. The minimum Gasteiger partial charge on any atom is -0.404 e. The quantitative estimate of drug-likeness (QED) is 0.923. The molecule has 0 fully saturated rings. The van der Waals surface area contributed by atoms with Crippen LogP contribution < -0.4 is 10.3 Å². The number of ether oxygens (including phenoxy) is 1. The van der Waals surface area contributed by atoms with Gasteiger partial charge in [-0.3, -0.25) is 4.79 Å². The van der Waals surface area contributed by atoms with E-state index in [4.69, 9.17) is 5.26 Å². The van der Waals surface area contributed by atoms with Crippen molar-refractivity contribution in [2.24, 2.45) is 0 Å². The number of H-pyrrole nitrogens is 1. The molecule has 0 amide bonds. The van der Waals surface area contributed by atoms with E-state index in [-0.39, 0.29) is 22.6 Å². The molecule has 0 unspecified atom stereocenters. The highest BCUT2D eigenvalue weighted by atomic mass is 19.4. The predicted molar refractivity (Wildman–Crippen MR) is 70.1 cm³/mol. The maximum Gasteiger partial charge on any atom is 0.573 e. The van der Waals surface area contributed by atoms with Gasteiger partial charge in [-0.05, 0) is 18.1 Å². The van der Waals surface area contributed by atoms with Gasteiger partial charge >= 0.3 is 6.36 Å². The van der Waals surface area contributed by atoms with Crippen LogP contribution in [0.1, 0.15) is 30.9 Å². The molecule has 0 aliphatic heterocycles. The summed E-state index contributed by atoms with van der Waals surface area (Å²) in [5.74, 6) is -0.680. The molecule has 0 atom stereocenters. The van der Waals surface area contributed by atoms with E-state index in [1.807, 2.05) is 13.8 Å². The molecule has 2 rings (SSSR count). The number of nitrogens with zero attached hydrogens (tertiary/aromatic N) is 1. The number of nitriles is 1. The lowest BCUT2D eigenvalue weighted by Gasteiger charge is -2.12. The minimum absolute atomic E-state index is 0.0465. The normalized spacial score (nSPS) is 11.7. The third-order valence-electron chi connectivity index (χ3n) is 2.94. The lowest BCUT2D eigenvalue weighted by molar-refractivity contribution is -0.274. The zero-order valence-corrected chi connectivity index (χ0v) is 11.2. The Kier molecular flexibility index (Phi) is 3.64. The Bertz CT molecular complexity index is 786. The molecule has 21 heavy (non-hydrogen) atoms. The Morgan fingerprint density at radius 2 is 1.95 bits per heavy atom. The van der Waals surface area contributed by atoms with Crippen LogP contribution in [0.5, 0.6) is 5.75 Å². The molecule has 7 heteroatoms. The van der Waals surface area contributed by atoms with Gasteiger partial charge in [0.15, 0.2) is 0 Å². The number of aromatic amines is 1. The summed E-state index contributed by atoms with van der Waals surface area (Å²) >= 11 is 0. The van der Waals surface area contributed by atoms with Crippen LogP contribution in [0.15, 0.2) is 23.0 Å². The first-order chi connectivity index (χ1) is 9.71. The van der Waals surface area contributed by atoms with Crippen molar-refractivity contribution < 1.29 is 17.9 Å². The van der Waals surface area contributed by atoms with Gasteiger partial charge in [-0.25, -0.2) is 0 Å². The Hall–Kier alpha value is -2.49. The van der Waals surface area contributed by atoms with Gasteiger partial charge in [-0.1, -0.05) is 13.8 Å². The molecule has 0 aliphatic rings. The number of halogens is 3. The van der Waals surface area contributed by atoms with Crippen molar-refractivity contribution in [2.45, 2.75) is 26.1 Å². The second-order valence-corrected chi connectivity index (χ2v) is 4.80. The maximum atomic E-state index is 12.3. The number of nitrogens with one attached hydrogen (secondary N) is 1. The number of benzene rings is 1. The number of pyridine rings is 1. The van der Waals surface area contributed by atoms with Crippen molar-refractivity contribution >= 4 is 10.9 Å². The number of fused-ring (bicyclic) bond motifs is 1. The standard InChI is InChI=1S/C14H11F3N2O2/c1-7(2)10-4-8-3-9(6-18)12(21-14(15,16)17)5-11(8)19-13(10)20/h3-5,7H,1-2H3,(H,19,20). The number of aromatic nitrogens is 1. The van der Waals surface area contributed by atoms with Crippen molar-refractivity contribution in [3.8, 4) is 11.8 Å². The molecule has 2 aromatic rings. The van der Waals surface area contributed by atoms with Crippen molar-refractivity contribution in [3.63, 3.8) is 0 Å². The lowest BCUT2D eigenvalue weighted by Crippen LogP contribution is -2.18. The van der Waals surface area contributed by atoms with Crippen molar-refractivity contribution in [2.75, 3.05) is 0 Å². The number of alkyl halides is 3. The molecule has 1 aromatic carbocycles. The Morgan fingerprint density at radius 3 is 2.48 bits per heavy atom. The number of hydrogen-bond acceptors (Lipinski definition) is 3. The van der Waals surface area contributed by atoms with Crippen LogP contribution in [-0.4, -0.2) is 11.3 Å². The van der Waals surface area contributed by atoms with Gasteiger partial charge in [0.1, 0.15) is 11.8 Å². The van der Waals surface area contributed by atoms with E-state index in [1.54, 1.807) is 12.1 Å². The van der Waals surface area contributed by atoms with Crippen molar-refractivity contribution in [1.29, 1.82) is 5.26 Å². The van der Waals surface area contributed by atoms with Crippen LogP contribution in [0.4, 0.5) is 13.2 Å². The summed E-state index contributed by atoms with van der Waals surface area (Å²) in [6.45, 7) is 3.64. The summed E-state index contributed by atoms with van der Waals surface area (Å²) in [6.07, 6.45) is -4.91. The minimum atomic E-state index is -4.91. The molecular weight excluding hydrogens is 285 g/mol. The SMILES string of the molecule is CC(C)c1cc2cc(C#N)c(OC(F)(F)F)cc2[nH]c1=O. The van der Waals surface area contributed by atoms with Crippen LogP contribution in [-0.2, 0) is 0 Å². The molecule has 110 valence electrons. The molecule has 1 aromatic heterocycles. The van der Waals surface area contributed by atoms with Gasteiger partial charge in [-0.15, -0.1) is 13.2 Å². The van der Waals surface area contributed by atoms with Crippen molar-refractivity contribution in [3.05, 3.63) is 39.7 Å². The number of rotatable bonds is 2. The highest BCUT2D eigenvalue weighted by Gasteiger charge is 2.32. The third kappa shape index (κ3) is 3.16. The summed E-state index contributed by atoms with van der Waals surface area (Å²) in [6, 6.07) is 5.49. The molecule has 0 spiro atoms. The van der Waals surface area contributed by atoms with Gasteiger partial charge in [-0.2, -0.15) is 5.26 Å². The maximum absolute atomic E-state index is 12.3. The van der Waals surface area contributed by atoms with Gasteiger partial charge in [0.05, 0.1) is 11.1 Å². The Balaban J connectivity index is 2.68. The fourth-order valence-electron chi connectivity index (χ4n) is 1.98. The van der Waals surface area contributed by atoms with E-state index < -0.39 is 12.1 Å². The van der Waals surface area contributed by atoms with Crippen LogP contribution in [0, 0.1) is 11.3 Å². The van der Waals surface area contributed by atoms with Crippen LogP contribution >= 0.6 is 0 Å². The zero-order chi connectivity index (χ0) is 15.8. The number of hydrogen-bond donors (Lipinski definition) is 1. The summed E-state index contributed by atoms with van der Waals surface area (Å²) in [7, 11) is 0. The molecule has 1 N–H and O–H groups in total. The summed E-state index contributed by atoms with van der Waals surface area (Å²) in [4.78, 5) is 14.3. The molecule has 0 saturated heterocycles. The van der Waals surface area contributed by atoms with E-state index in [0.717, 1.165) is 6.07 Å². The second-order valence-electron chi connectivity index (χ2n) is 4.80. The third-order valence-corrected chi connectivity index (χ3v) is 2.94. The van der Waals surface area contributed by atoms with Gasteiger partial charge in [0.25, 0.3) is 5.56 Å². The monoisotopic (exact) mass is 296 g/mol. The van der Waals surface area contributed by atoms with Crippen LogP contribution in [0.2, 0.25) is 0 Å². The van der Waals surface area contributed by atoms with E-state index in [2.05, 4.69) is 9.72 Å². The zero-order valence-electron chi connectivity index (χ0n) is 11.2. The molecule has 4 nitrogen and oxygen atoms in total. The van der Waals surface area contributed by atoms with E-state index in [1.165, 1.54) is 6.07 Å². The molecular formula is C14H11F3N2O2. The molecule has 0 saturated carbocycles. The predicted octanol–water partition coefficient (Wildman–Crippen LogP) is 3.42. The summed E-state index contributed by atoms with van der Waals surface area (Å²) < 4.78 is 40.7. The topological polar surface area (TPSA) is 65.9 Å². The summed E-state index contributed by atoms with van der Waals surface area (Å²) in [5, 5.41) is 9.41. The molecule has 0 radical (unpaired) electrons.